The Bertz CT molecular complexity index is 451. The van der Waals surface area contributed by atoms with E-state index in [1.165, 1.54) is 0 Å². The van der Waals surface area contributed by atoms with Gasteiger partial charge >= 0.3 is 5.97 Å². The number of benzene rings is 1. The minimum absolute atomic E-state index is 0.410. The number of hydrogen-bond acceptors (Lipinski definition) is 4. The molecule has 0 aliphatic rings. The second-order valence-corrected chi connectivity index (χ2v) is 4.93. The van der Waals surface area contributed by atoms with Crippen LogP contribution in [0.25, 0.3) is 0 Å². The first-order valence-electron chi connectivity index (χ1n) is 5.71. The van der Waals surface area contributed by atoms with Crippen LogP contribution in [-0.2, 0) is 9.53 Å². The second kappa shape index (κ2) is 5.54. The first-order chi connectivity index (χ1) is 8.31. The van der Waals surface area contributed by atoms with Crippen molar-refractivity contribution < 1.29 is 14.3 Å². The van der Waals surface area contributed by atoms with Gasteiger partial charge in [-0.05, 0) is 52.0 Å². The van der Waals surface area contributed by atoms with Gasteiger partial charge in [0.2, 0.25) is 0 Å². The molecule has 1 atom stereocenters. The number of rotatable bonds is 3. The average Bonchev–Trinajstić information content (AvgIpc) is 2.27. The smallest absolute Gasteiger partial charge is 0.347 e. The van der Waals surface area contributed by atoms with E-state index in [0.717, 1.165) is 0 Å². The molecule has 0 heterocycles. The third-order valence-corrected chi connectivity index (χ3v) is 2.03. The number of nitrogens with zero attached hydrogens (tertiary/aromatic N) is 1. The van der Waals surface area contributed by atoms with Gasteiger partial charge in [0.05, 0.1) is 11.6 Å². The lowest BCUT2D eigenvalue weighted by molar-refractivity contribution is -0.162. The van der Waals surface area contributed by atoms with Crippen molar-refractivity contribution in [3.05, 3.63) is 29.8 Å². The van der Waals surface area contributed by atoms with E-state index in [0.29, 0.717) is 11.3 Å². The average molecular weight is 247 g/mol. The first-order valence-corrected chi connectivity index (χ1v) is 5.71. The van der Waals surface area contributed by atoms with Crippen molar-refractivity contribution >= 4 is 5.97 Å². The number of nitriles is 1. The number of esters is 1. The zero-order chi connectivity index (χ0) is 13.8. The maximum Gasteiger partial charge on any atom is 0.347 e. The van der Waals surface area contributed by atoms with Crippen LogP contribution in [0.15, 0.2) is 24.3 Å². The first kappa shape index (κ1) is 14.0. The van der Waals surface area contributed by atoms with Crippen molar-refractivity contribution in [1.29, 1.82) is 5.26 Å². The fraction of sp³-hybridized carbons (Fsp3) is 0.429. The zero-order valence-electron chi connectivity index (χ0n) is 11.1. The molecular weight excluding hydrogens is 230 g/mol. The molecule has 0 spiro atoms. The fourth-order valence-corrected chi connectivity index (χ4v) is 1.25. The molecule has 1 unspecified atom stereocenters. The summed E-state index contributed by atoms with van der Waals surface area (Å²) in [7, 11) is 0. The molecule has 0 aromatic heterocycles. The molecule has 0 amide bonds. The van der Waals surface area contributed by atoms with Gasteiger partial charge < -0.3 is 9.47 Å². The Morgan fingerprint density at radius 2 is 1.83 bits per heavy atom. The highest BCUT2D eigenvalue weighted by molar-refractivity contribution is 5.75. The van der Waals surface area contributed by atoms with Gasteiger partial charge in [-0.3, -0.25) is 0 Å². The molecule has 18 heavy (non-hydrogen) atoms. The molecule has 1 aromatic carbocycles. The standard InChI is InChI=1S/C14H17NO3/c1-10(13(16)18-14(2,3)4)17-12-7-5-11(9-15)6-8-12/h5-8,10H,1-4H3. The lowest BCUT2D eigenvalue weighted by atomic mass is 10.2. The monoisotopic (exact) mass is 247 g/mol. The lowest BCUT2D eigenvalue weighted by Crippen LogP contribution is -2.33. The van der Waals surface area contributed by atoms with Gasteiger partial charge in [0.1, 0.15) is 11.4 Å². The third-order valence-electron chi connectivity index (χ3n) is 2.03. The Labute approximate surface area is 107 Å². The molecule has 4 heteroatoms. The van der Waals surface area contributed by atoms with Crippen LogP contribution in [0.2, 0.25) is 0 Å². The molecular formula is C14H17NO3. The van der Waals surface area contributed by atoms with E-state index in [9.17, 15) is 4.79 Å². The zero-order valence-corrected chi connectivity index (χ0v) is 11.1. The van der Waals surface area contributed by atoms with Gasteiger partial charge in [0, 0.05) is 0 Å². The van der Waals surface area contributed by atoms with E-state index in [4.69, 9.17) is 14.7 Å². The normalized spacial score (nSPS) is 12.4. The summed E-state index contributed by atoms with van der Waals surface area (Å²) < 4.78 is 10.6. The Morgan fingerprint density at radius 3 is 2.28 bits per heavy atom. The van der Waals surface area contributed by atoms with Crippen LogP contribution in [0, 0.1) is 11.3 Å². The highest BCUT2D eigenvalue weighted by atomic mass is 16.6. The molecule has 0 aliphatic heterocycles. The summed E-state index contributed by atoms with van der Waals surface area (Å²) in [5.41, 5.74) is 0.0200. The summed E-state index contributed by atoms with van der Waals surface area (Å²) in [6, 6.07) is 8.59. The summed E-state index contributed by atoms with van der Waals surface area (Å²) in [6.45, 7) is 7.05. The summed E-state index contributed by atoms with van der Waals surface area (Å²) in [5, 5.41) is 8.66. The summed E-state index contributed by atoms with van der Waals surface area (Å²) in [6.07, 6.45) is -0.683. The predicted molar refractivity (Wildman–Crippen MR) is 67.1 cm³/mol. The van der Waals surface area contributed by atoms with Crippen molar-refractivity contribution in [2.24, 2.45) is 0 Å². The molecule has 0 saturated carbocycles. The third kappa shape index (κ3) is 4.46. The maximum absolute atomic E-state index is 11.7. The van der Waals surface area contributed by atoms with E-state index in [-0.39, 0.29) is 0 Å². The minimum Gasteiger partial charge on any atom is -0.479 e. The molecule has 0 aliphatic carbocycles. The number of carbonyl (C=O) groups is 1. The number of hydrogen-bond donors (Lipinski definition) is 0. The van der Waals surface area contributed by atoms with E-state index >= 15 is 0 Å². The Kier molecular flexibility index (Phi) is 4.33. The SMILES string of the molecule is CC(Oc1ccc(C#N)cc1)C(=O)OC(C)(C)C. The van der Waals surface area contributed by atoms with Gasteiger partial charge in [0.15, 0.2) is 6.10 Å². The van der Waals surface area contributed by atoms with Gasteiger partial charge in [-0.1, -0.05) is 0 Å². The topological polar surface area (TPSA) is 59.3 Å². The largest absolute Gasteiger partial charge is 0.479 e. The Morgan fingerprint density at radius 1 is 1.28 bits per heavy atom. The van der Waals surface area contributed by atoms with E-state index in [2.05, 4.69) is 0 Å². The summed E-state index contributed by atoms with van der Waals surface area (Å²) in [5.74, 6) is 0.124. The summed E-state index contributed by atoms with van der Waals surface area (Å²) in [4.78, 5) is 11.7. The molecule has 1 aromatic rings. The quantitative estimate of drug-likeness (QED) is 0.770. The lowest BCUT2D eigenvalue weighted by Gasteiger charge is -2.22. The van der Waals surface area contributed by atoms with Gasteiger partial charge in [-0.15, -0.1) is 0 Å². The highest BCUT2D eigenvalue weighted by Gasteiger charge is 2.22. The number of carbonyl (C=O) groups excluding carboxylic acids is 1. The van der Waals surface area contributed by atoms with Crippen LogP contribution in [0.3, 0.4) is 0 Å². The van der Waals surface area contributed by atoms with Crippen molar-refractivity contribution in [2.45, 2.75) is 39.4 Å². The van der Waals surface area contributed by atoms with Crippen molar-refractivity contribution in [2.75, 3.05) is 0 Å². The van der Waals surface area contributed by atoms with Gasteiger partial charge in [-0.25, -0.2) is 4.79 Å². The Hall–Kier alpha value is -2.02. The van der Waals surface area contributed by atoms with Crippen molar-refractivity contribution in [3.8, 4) is 11.8 Å². The molecule has 0 N–H and O–H groups in total. The van der Waals surface area contributed by atoms with Crippen LogP contribution in [0.1, 0.15) is 33.3 Å². The van der Waals surface area contributed by atoms with E-state index in [1.807, 2.05) is 6.07 Å². The van der Waals surface area contributed by atoms with Gasteiger partial charge in [0.25, 0.3) is 0 Å². The molecule has 0 fully saturated rings. The molecule has 1 rings (SSSR count). The molecule has 0 bridgehead atoms. The predicted octanol–water partition coefficient (Wildman–Crippen LogP) is 2.67. The van der Waals surface area contributed by atoms with E-state index < -0.39 is 17.7 Å². The fourth-order valence-electron chi connectivity index (χ4n) is 1.25. The maximum atomic E-state index is 11.7. The second-order valence-electron chi connectivity index (χ2n) is 4.93. The van der Waals surface area contributed by atoms with Crippen LogP contribution in [-0.4, -0.2) is 17.7 Å². The van der Waals surface area contributed by atoms with Crippen LogP contribution in [0.5, 0.6) is 5.75 Å². The molecule has 4 nitrogen and oxygen atoms in total. The summed E-state index contributed by atoms with van der Waals surface area (Å²) >= 11 is 0. The Balaban J connectivity index is 2.61. The van der Waals surface area contributed by atoms with Gasteiger partial charge in [-0.2, -0.15) is 5.26 Å². The minimum atomic E-state index is -0.683. The molecule has 0 radical (unpaired) electrons. The van der Waals surface area contributed by atoms with Crippen molar-refractivity contribution in [1.82, 2.24) is 0 Å². The van der Waals surface area contributed by atoms with Crippen LogP contribution < -0.4 is 4.74 Å². The van der Waals surface area contributed by atoms with E-state index in [1.54, 1.807) is 52.0 Å². The molecule has 96 valence electrons. The van der Waals surface area contributed by atoms with Crippen molar-refractivity contribution in [3.63, 3.8) is 0 Å². The number of ether oxygens (including phenoxy) is 2. The van der Waals surface area contributed by atoms with Crippen LogP contribution in [0.4, 0.5) is 0 Å². The van der Waals surface area contributed by atoms with Crippen LogP contribution >= 0.6 is 0 Å². The highest BCUT2D eigenvalue weighted by Crippen LogP contribution is 2.15. The molecule has 0 saturated heterocycles.